The molecule has 1 aliphatic heterocycles. The maximum Gasteiger partial charge on any atom is 0.409 e. The Labute approximate surface area is 121 Å². The molecular weight excluding hydrogens is 282 g/mol. The summed E-state index contributed by atoms with van der Waals surface area (Å²) in [6.07, 6.45) is -0.991. The Balaban J connectivity index is 2.33. The normalized spacial score (nSPS) is 14.5. The van der Waals surface area contributed by atoms with Crippen LogP contribution in [0.4, 0.5) is 9.59 Å². The molecule has 0 radical (unpaired) electrons. The SMILES string of the molecule is CCOC(=O)N1CCN(C(=O)NC(=O)CCC(=O)O)CC1. The van der Waals surface area contributed by atoms with E-state index in [2.05, 4.69) is 5.32 Å². The lowest BCUT2D eigenvalue weighted by Crippen LogP contribution is -2.54. The Morgan fingerprint density at radius 1 is 1.05 bits per heavy atom. The molecule has 4 amide bonds. The van der Waals surface area contributed by atoms with Crippen molar-refractivity contribution in [2.24, 2.45) is 0 Å². The number of hydrogen-bond donors (Lipinski definition) is 2. The highest BCUT2D eigenvalue weighted by Gasteiger charge is 2.25. The van der Waals surface area contributed by atoms with Crippen molar-refractivity contribution in [2.45, 2.75) is 19.8 Å². The largest absolute Gasteiger partial charge is 0.481 e. The van der Waals surface area contributed by atoms with Gasteiger partial charge in [-0.05, 0) is 6.92 Å². The fourth-order valence-electron chi connectivity index (χ4n) is 1.79. The molecule has 0 aromatic heterocycles. The maximum atomic E-state index is 11.8. The van der Waals surface area contributed by atoms with Gasteiger partial charge in [0.1, 0.15) is 0 Å². The van der Waals surface area contributed by atoms with Crippen LogP contribution in [0.15, 0.2) is 0 Å². The summed E-state index contributed by atoms with van der Waals surface area (Å²) in [5, 5.41) is 10.6. The van der Waals surface area contributed by atoms with Crippen molar-refractivity contribution in [1.82, 2.24) is 15.1 Å². The van der Waals surface area contributed by atoms with Crippen molar-refractivity contribution in [3.8, 4) is 0 Å². The van der Waals surface area contributed by atoms with Crippen LogP contribution in [-0.4, -0.2) is 71.7 Å². The second-order valence-corrected chi connectivity index (χ2v) is 4.42. The predicted molar refractivity (Wildman–Crippen MR) is 70.6 cm³/mol. The zero-order valence-corrected chi connectivity index (χ0v) is 11.8. The van der Waals surface area contributed by atoms with Crippen LogP contribution in [0.25, 0.3) is 0 Å². The van der Waals surface area contributed by atoms with Crippen molar-refractivity contribution in [1.29, 1.82) is 0 Å². The first-order chi connectivity index (χ1) is 9.93. The number of piperazine rings is 1. The van der Waals surface area contributed by atoms with Gasteiger partial charge < -0.3 is 19.6 Å². The number of carboxylic acids is 1. The first-order valence-corrected chi connectivity index (χ1v) is 6.66. The molecule has 1 saturated heterocycles. The summed E-state index contributed by atoms with van der Waals surface area (Å²) in [4.78, 5) is 47.8. The lowest BCUT2D eigenvalue weighted by Gasteiger charge is -2.33. The number of urea groups is 1. The molecule has 0 spiro atoms. The molecule has 21 heavy (non-hydrogen) atoms. The lowest BCUT2D eigenvalue weighted by atomic mass is 10.3. The van der Waals surface area contributed by atoms with E-state index >= 15 is 0 Å². The molecule has 0 bridgehead atoms. The molecule has 1 rings (SSSR count). The Morgan fingerprint density at radius 3 is 2.14 bits per heavy atom. The number of imide groups is 1. The zero-order valence-electron chi connectivity index (χ0n) is 11.8. The third kappa shape index (κ3) is 5.67. The van der Waals surface area contributed by atoms with Gasteiger partial charge in [0, 0.05) is 32.6 Å². The molecule has 0 aromatic carbocycles. The van der Waals surface area contributed by atoms with Crippen molar-refractivity contribution in [3.05, 3.63) is 0 Å². The minimum Gasteiger partial charge on any atom is -0.481 e. The zero-order chi connectivity index (χ0) is 15.8. The number of hydrogen-bond acceptors (Lipinski definition) is 5. The Morgan fingerprint density at radius 2 is 1.62 bits per heavy atom. The van der Waals surface area contributed by atoms with Crippen LogP contribution in [0.5, 0.6) is 0 Å². The number of aliphatic carboxylic acids is 1. The van der Waals surface area contributed by atoms with Gasteiger partial charge in [-0.1, -0.05) is 0 Å². The van der Waals surface area contributed by atoms with Gasteiger partial charge in [0.05, 0.1) is 13.0 Å². The summed E-state index contributed by atoms with van der Waals surface area (Å²) in [6.45, 7) is 3.24. The lowest BCUT2D eigenvalue weighted by molar-refractivity contribution is -0.138. The average Bonchev–Trinajstić information content (AvgIpc) is 2.45. The van der Waals surface area contributed by atoms with Crippen molar-refractivity contribution < 1.29 is 29.0 Å². The van der Waals surface area contributed by atoms with E-state index in [4.69, 9.17) is 9.84 Å². The monoisotopic (exact) mass is 301 g/mol. The van der Waals surface area contributed by atoms with E-state index < -0.39 is 24.0 Å². The van der Waals surface area contributed by atoms with Crippen molar-refractivity contribution >= 4 is 24.0 Å². The Hall–Kier alpha value is -2.32. The van der Waals surface area contributed by atoms with Crippen molar-refractivity contribution in [2.75, 3.05) is 32.8 Å². The molecule has 1 fully saturated rings. The van der Waals surface area contributed by atoms with Gasteiger partial charge in [0.2, 0.25) is 5.91 Å². The number of ether oxygens (including phenoxy) is 1. The van der Waals surface area contributed by atoms with Crippen LogP contribution in [0.3, 0.4) is 0 Å². The van der Waals surface area contributed by atoms with E-state index in [0.29, 0.717) is 13.1 Å². The molecule has 118 valence electrons. The Bertz CT molecular complexity index is 417. The predicted octanol–water partition coefficient (Wildman–Crippen LogP) is -0.138. The van der Waals surface area contributed by atoms with Gasteiger partial charge in [-0.3, -0.25) is 14.9 Å². The minimum atomic E-state index is -1.10. The number of carbonyl (C=O) groups is 4. The molecule has 0 saturated carbocycles. The van der Waals surface area contributed by atoms with Gasteiger partial charge in [-0.15, -0.1) is 0 Å². The molecule has 0 aliphatic carbocycles. The summed E-state index contributed by atoms with van der Waals surface area (Å²) in [7, 11) is 0. The summed E-state index contributed by atoms with van der Waals surface area (Å²) in [5.74, 6) is -1.73. The fourth-order valence-corrected chi connectivity index (χ4v) is 1.79. The maximum absolute atomic E-state index is 11.8. The van der Waals surface area contributed by atoms with Crippen LogP contribution in [0.2, 0.25) is 0 Å². The average molecular weight is 301 g/mol. The van der Waals surface area contributed by atoms with E-state index in [0.717, 1.165) is 0 Å². The van der Waals surface area contributed by atoms with E-state index in [9.17, 15) is 19.2 Å². The summed E-state index contributed by atoms with van der Waals surface area (Å²) in [5.41, 5.74) is 0. The minimum absolute atomic E-state index is 0.246. The van der Waals surface area contributed by atoms with Crippen LogP contribution in [0, 0.1) is 0 Å². The van der Waals surface area contributed by atoms with E-state index in [1.54, 1.807) is 6.92 Å². The van der Waals surface area contributed by atoms with Crippen LogP contribution >= 0.6 is 0 Å². The summed E-state index contributed by atoms with van der Waals surface area (Å²) in [6, 6.07) is -0.575. The number of carboxylic acid groups (broad SMARTS) is 1. The first kappa shape index (κ1) is 16.7. The standard InChI is InChI=1S/C12H19N3O6/c1-2-21-12(20)15-7-5-14(6-8-15)11(19)13-9(16)3-4-10(17)18/h2-8H2,1H3,(H,17,18)(H,13,16,19). The van der Waals surface area contributed by atoms with Gasteiger partial charge in [-0.25, -0.2) is 9.59 Å². The van der Waals surface area contributed by atoms with Crippen molar-refractivity contribution in [3.63, 3.8) is 0 Å². The third-order valence-corrected chi connectivity index (χ3v) is 2.91. The second kappa shape index (κ2) is 8.08. The number of nitrogens with one attached hydrogen (secondary N) is 1. The van der Waals surface area contributed by atoms with E-state index in [-0.39, 0.29) is 32.5 Å². The van der Waals surface area contributed by atoms with E-state index in [1.165, 1.54) is 9.80 Å². The number of amides is 4. The highest BCUT2D eigenvalue weighted by atomic mass is 16.6. The van der Waals surface area contributed by atoms with Gasteiger partial charge in [0.15, 0.2) is 0 Å². The van der Waals surface area contributed by atoms with E-state index in [1.807, 2.05) is 0 Å². The van der Waals surface area contributed by atoms with Gasteiger partial charge in [-0.2, -0.15) is 0 Å². The van der Waals surface area contributed by atoms with Gasteiger partial charge >= 0.3 is 18.1 Å². The second-order valence-electron chi connectivity index (χ2n) is 4.42. The van der Waals surface area contributed by atoms with Crippen LogP contribution < -0.4 is 5.32 Å². The van der Waals surface area contributed by atoms with Crippen LogP contribution in [0.1, 0.15) is 19.8 Å². The molecule has 0 aromatic rings. The molecule has 0 atom stereocenters. The molecular formula is C12H19N3O6. The molecule has 9 heteroatoms. The quantitative estimate of drug-likeness (QED) is 0.746. The smallest absolute Gasteiger partial charge is 0.409 e. The van der Waals surface area contributed by atoms with Gasteiger partial charge in [0.25, 0.3) is 0 Å². The topological polar surface area (TPSA) is 116 Å². The summed E-state index contributed by atoms with van der Waals surface area (Å²) >= 11 is 0. The number of nitrogens with zero attached hydrogens (tertiary/aromatic N) is 2. The van der Waals surface area contributed by atoms with Crippen LogP contribution in [-0.2, 0) is 14.3 Å². The highest BCUT2D eigenvalue weighted by molar-refractivity contribution is 5.95. The molecule has 9 nitrogen and oxygen atoms in total. The number of rotatable bonds is 4. The number of carbonyl (C=O) groups excluding carboxylic acids is 3. The first-order valence-electron chi connectivity index (χ1n) is 6.66. The molecule has 1 heterocycles. The molecule has 0 unspecified atom stereocenters. The molecule has 1 aliphatic rings. The third-order valence-electron chi connectivity index (χ3n) is 2.91. The highest BCUT2D eigenvalue weighted by Crippen LogP contribution is 2.04. The summed E-state index contributed by atoms with van der Waals surface area (Å²) < 4.78 is 4.85. The fraction of sp³-hybridized carbons (Fsp3) is 0.667. The Kier molecular flexibility index (Phi) is 6.44. The molecule has 2 N–H and O–H groups in total.